The van der Waals surface area contributed by atoms with Crippen LogP contribution in [0.25, 0.3) is 0 Å². The van der Waals surface area contributed by atoms with Crippen molar-refractivity contribution in [3.05, 3.63) is 35.4 Å². The van der Waals surface area contributed by atoms with Crippen molar-refractivity contribution in [3.63, 3.8) is 0 Å². The van der Waals surface area contributed by atoms with E-state index in [-0.39, 0.29) is 17.4 Å². The van der Waals surface area contributed by atoms with Crippen molar-refractivity contribution in [1.82, 2.24) is 4.90 Å². The average Bonchev–Trinajstić information content (AvgIpc) is 2.66. The van der Waals surface area contributed by atoms with Gasteiger partial charge in [0.2, 0.25) is 5.91 Å². The molecule has 0 heterocycles. The molecule has 5 rings (SSSR count). The molecule has 152 valence electrons. The number of nitrogens with zero attached hydrogens (tertiary/aromatic N) is 1. The van der Waals surface area contributed by atoms with Gasteiger partial charge in [-0.05, 0) is 75.2 Å². The van der Waals surface area contributed by atoms with E-state index in [1.807, 2.05) is 0 Å². The first-order valence-electron chi connectivity index (χ1n) is 10.9. The van der Waals surface area contributed by atoms with E-state index in [4.69, 9.17) is 4.74 Å². The van der Waals surface area contributed by atoms with Crippen molar-refractivity contribution in [2.24, 2.45) is 17.8 Å². The summed E-state index contributed by atoms with van der Waals surface area (Å²) in [6.45, 7) is 2.59. The summed E-state index contributed by atoms with van der Waals surface area (Å²) in [5.74, 6) is 2.32. The van der Waals surface area contributed by atoms with Crippen LogP contribution in [-0.2, 0) is 20.7 Å². The first-order chi connectivity index (χ1) is 13.5. The third kappa shape index (κ3) is 3.97. The molecule has 1 aromatic carbocycles. The summed E-state index contributed by atoms with van der Waals surface area (Å²) < 4.78 is 4.86. The number of benzene rings is 1. The molecule has 4 heteroatoms. The smallest absolute Gasteiger partial charge is 0.307 e. The fraction of sp³-hybridized carbons (Fsp3) is 0.667. The second kappa shape index (κ2) is 7.88. The lowest BCUT2D eigenvalue weighted by molar-refractivity contribution is -0.153. The number of rotatable bonds is 7. The van der Waals surface area contributed by atoms with E-state index in [1.54, 1.807) is 0 Å². The highest BCUT2D eigenvalue weighted by Crippen LogP contribution is 2.57. The first kappa shape index (κ1) is 19.5. The molecule has 4 saturated carbocycles. The number of hydrogen-bond acceptors (Lipinski definition) is 3. The van der Waals surface area contributed by atoms with Gasteiger partial charge in [-0.1, -0.05) is 29.8 Å². The predicted octanol–water partition coefficient (Wildman–Crippen LogP) is 4.29. The Hall–Kier alpha value is -1.84. The number of carbonyl (C=O) groups excluding carboxylic acids is 2. The predicted molar refractivity (Wildman–Crippen MR) is 109 cm³/mol. The molecule has 0 saturated heterocycles. The molecule has 4 aliphatic rings. The number of methoxy groups -OCH3 is 1. The van der Waals surface area contributed by atoms with Gasteiger partial charge in [-0.2, -0.15) is 0 Å². The lowest BCUT2D eigenvalue weighted by Crippen LogP contribution is -2.61. The van der Waals surface area contributed by atoms with Crippen LogP contribution in [0, 0.1) is 24.7 Å². The quantitative estimate of drug-likeness (QED) is 0.660. The first-order valence-corrected chi connectivity index (χ1v) is 10.9. The lowest BCUT2D eigenvalue weighted by Gasteiger charge is -2.60. The van der Waals surface area contributed by atoms with Crippen molar-refractivity contribution in [2.45, 2.75) is 70.3 Å². The number of ether oxygens (including phenoxy) is 1. The van der Waals surface area contributed by atoms with Crippen molar-refractivity contribution < 1.29 is 14.3 Å². The molecule has 1 amide bonds. The summed E-state index contributed by atoms with van der Waals surface area (Å²) in [4.78, 5) is 27.3. The highest BCUT2D eigenvalue weighted by molar-refractivity contribution is 5.78. The minimum Gasteiger partial charge on any atom is -0.469 e. The van der Waals surface area contributed by atoms with Gasteiger partial charge in [-0.3, -0.25) is 9.59 Å². The van der Waals surface area contributed by atoms with Crippen molar-refractivity contribution in [2.75, 3.05) is 13.7 Å². The normalized spacial score (nSPS) is 30.3. The minimum atomic E-state index is -0.221. The molecule has 28 heavy (non-hydrogen) atoms. The van der Waals surface area contributed by atoms with Crippen LogP contribution in [0.1, 0.15) is 62.5 Å². The molecule has 4 aliphatic carbocycles. The molecule has 0 unspecified atom stereocenters. The maximum absolute atomic E-state index is 13.4. The lowest BCUT2D eigenvalue weighted by atomic mass is 9.52. The standard InChI is InChI=1S/C24H33NO3/c1-17-3-5-18(6-4-17)7-8-22(26)25(10-9-23(27)28-2)24-14-19-11-20(15-24)13-21(12-19)16-24/h3-6,19-21H,7-16H2,1-2H3. The monoisotopic (exact) mass is 383 g/mol. The molecular formula is C24H33NO3. The van der Waals surface area contributed by atoms with E-state index in [9.17, 15) is 9.59 Å². The van der Waals surface area contributed by atoms with Crippen LogP contribution < -0.4 is 0 Å². The Labute approximate surface area is 168 Å². The van der Waals surface area contributed by atoms with Gasteiger partial charge in [0.15, 0.2) is 0 Å². The van der Waals surface area contributed by atoms with Crippen LogP contribution in [-0.4, -0.2) is 36.0 Å². The van der Waals surface area contributed by atoms with Gasteiger partial charge < -0.3 is 9.64 Å². The molecule has 0 aliphatic heterocycles. The van der Waals surface area contributed by atoms with E-state index in [0.717, 1.165) is 43.4 Å². The zero-order valence-electron chi connectivity index (χ0n) is 17.3. The Bertz CT molecular complexity index is 689. The summed E-state index contributed by atoms with van der Waals surface area (Å²) in [6.07, 6.45) is 9.04. The summed E-state index contributed by atoms with van der Waals surface area (Å²) in [5.41, 5.74) is 2.44. The molecule has 0 spiro atoms. The SMILES string of the molecule is COC(=O)CCN(C(=O)CCc1ccc(C)cc1)C12CC3CC(CC(C3)C1)C2. The summed E-state index contributed by atoms with van der Waals surface area (Å²) >= 11 is 0. The highest BCUT2D eigenvalue weighted by Gasteiger charge is 2.54. The number of hydrogen-bond donors (Lipinski definition) is 0. The molecule has 4 fully saturated rings. The van der Waals surface area contributed by atoms with Gasteiger partial charge in [-0.15, -0.1) is 0 Å². The van der Waals surface area contributed by atoms with Gasteiger partial charge in [0.25, 0.3) is 0 Å². The van der Waals surface area contributed by atoms with E-state index in [1.165, 1.54) is 37.5 Å². The summed E-state index contributed by atoms with van der Waals surface area (Å²) in [7, 11) is 1.43. The molecule has 1 aromatic rings. The van der Waals surface area contributed by atoms with Crippen LogP contribution in [0.2, 0.25) is 0 Å². The maximum Gasteiger partial charge on any atom is 0.307 e. The largest absolute Gasteiger partial charge is 0.469 e. The second-order valence-corrected chi connectivity index (χ2v) is 9.50. The number of carbonyl (C=O) groups is 2. The highest BCUT2D eigenvalue weighted by atomic mass is 16.5. The van der Waals surface area contributed by atoms with Gasteiger partial charge in [-0.25, -0.2) is 0 Å². The minimum absolute atomic E-state index is 0.00681. The average molecular weight is 384 g/mol. The third-order valence-electron chi connectivity index (χ3n) is 7.39. The molecule has 0 N–H and O–H groups in total. The molecule has 4 nitrogen and oxygen atoms in total. The zero-order valence-corrected chi connectivity index (χ0v) is 17.3. The van der Waals surface area contributed by atoms with Crippen molar-refractivity contribution >= 4 is 11.9 Å². The maximum atomic E-state index is 13.4. The number of amides is 1. The number of aryl methyl sites for hydroxylation is 2. The third-order valence-corrected chi connectivity index (χ3v) is 7.39. The topological polar surface area (TPSA) is 46.6 Å². The molecular weight excluding hydrogens is 350 g/mol. The Morgan fingerprint density at radius 2 is 1.57 bits per heavy atom. The fourth-order valence-corrected chi connectivity index (χ4v) is 6.47. The van der Waals surface area contributed by atoms with E-state index in [0.29, 0.717) is 19.4 Å². The zero-order chi connectivity index (χ0) is 19.7. The Morgan fingerprint density at radius 1 is 1.00 bits per heavy atom. The second-order valence-electron chi connectivity index (χ2n) is 9.50. The van der Waals surface area contributed by atoms with E-state index in [2.05, 4.69) is 36.1 Å². The van der Waals surface area contributed by atoms with Gasteiger partial charge in [0.05, 0.1) is 13.5 Å². The number of esters is 1. The Kier molecular flexibility index (Phi) is 5.48. The van der Waals surface area contributed by atoms with Gasteiger partial charge in [0.1, 0.15) is 0 Å². The molecule has 0 aromatic heterocycles. The van der Waals surface area contributed by atoms with Crippen molar-refractivity contribution in [1.29, 1.82) is 0 Å². The van der Waals surface area contributed by atoms with Crippen LogP contribution in [0.15, 0.2) is 24.3 Å². The van der Waals surface area contributed by atoms with E-state index < -0.39 is 0 Å². The Morgan fingerprint density at radius 3 is 2.11 bits per heavy atom. The van der Waals surface area contributed by atoms with E-state index >= 15 is 0 Å². The van der Waals surface area contributed by atoms with Gasteiger partial charge >= 0.3 is 5.97 Å². The molecule has 4 bridgehead atoms. The van der Waals surface area contributed by atoms with Crippen LogP contribution >= 0.6 is 0 Å². The van der Waals surface area contributed by atoms with Crippen molar-refractivity contribution in [3.8, 4) is 0 Å². The van der Waals surface area contributed by atoms with Crippen LogP contribution in [0.5, 0.6) is 0 Å². The Balaban J connectivity index is 1.49. The summed E-state index contributed by atoms with van der Waals surface area (Å²) in [5, 5.41) is 0. The van der Waals surface area contributed by atoms with Gasteiger partial charge in [0, 0.05) is 18.5 Å². The van der Waals surface area contributed by atoms with Crippen LogP contribution in [0.4, 0.5) is 0 Å². The molecule has 0 atom stereocenters. The fourth-order valence-electron chi connectivity index (χ4n) is 6.47. The summed E-state index contributed by atoms with van der Waals surface area (Å²) in [6, 6.07) is 8.44. The van der Waals surface area contributed by atoms with Crippen LogP contribution in [0.3, 0.4) is 0 Å². The molecule has 0 radical (unpaired) electrons.